The minimum Gasteiger partial charge on any atom is -0.493 e. The van der Waals surface area contributed by atoms with Crippen molar-refractivity contribution in [1.29, 1.82) is 0 Å². The molecule has 0 N–H and O–H groups in total. The Kier molecular flexibility index (Phi) is 5.08. The van der Waals surface area contributed by atoms with E-state index in [2.05, 4.69) is 0 Å². The summed E-state index contributed by atoms with van der Waals surface area (Å²) in [5.41, 5.74) is 0.0350. The second-order valence-electron chi connectivity index (χ2n) is 6.53. The molecule has 0 atom stereocenters. The maximum absolute atomic E-state index is 13.4. The number of alkyl halides is 2. The van der Waals surface area contributed by atoms with Gasteiger partial charge in [-0.05, 0) is 19.1 Å². The van der Waals surface area contributed by atoms with Gasteiger partial charge in [0.1, 0.15) is 0 Å². The Hall–Kier alpha value is -2.64. The third-order valence-electron chi connectivity index (χ3n) is 4.94. The fraction of sp³-hybridized carbons (Fsp3) is 0.474. The van der Waals surface area contributed by atoms with Gasteiger partial charge in [-0.3, -0.25) is 9.59 Å². The molecule has 6 nitrogen and oxygen atoms in total. The molecule has 27 heavy (non-hydrogen) atoms. The topological polar surface area (TPSA) is 60.8 Å². The molecule has 1 amide bonds. The molecule has 1 aliphatic rings. The minimum absolute atomic E-state index is 0.0220. The molecule has 0 unspecified atom stereocenters. The first-order valence-corrected chi connectivity index (χ1v) is 8.77. The van der Waals surface area contributed by atoms with Crippen LogP contribution in [-0.4, -0.2) is 48.6 Å². The molecular formula is C19H22F2N2O4. The van der Waals surface area contributed by atoms with Crippen molar-refractivity contribution in [1.82, 2.24) is 9.47 Å². The number of hydrogen-bond acceptors (Lipinski definition) is 4. The second-order valence-corrected chi connectivity index (χ2v) is 6.53. The van der Waals surface area contributed by atoms with E-state index in [1.165, 1.54) is 29.9 Å². The lowest BCUT2D eigenvalue weighted by molar-refractivity contribution is -0.0494. The van der Waals surface area contributed by atoms with Crippen molar-refractivity contribution in [2.45, 2.75) is 32.2 Å². The number of benzene rings is 1. The van der Waals surface area contributed by atoms with Crippen LogP contribution in [0, 0.1) is 0 Å². The summed E-state index contributed by atoms with van der Waals surface area (Å²) in [7, 11) is 2.93. The van der Waals surface area contributed by atoms with Gasteiger partial charge in [0, 0.05) is 44.1 Å². The molecule has 1 aromatic carbocycles. The standard InChI is InChI=1S/C19H22F2N2O4/c1-4-22-11-14(18(25)23-7-5-19(20,21)6-8-23)12-9-15(26-2)16(27-3)10-13(12)17(22)24/h9-11H,4-8H2,1-3H3. The van der Waals surface area contributed by atoms with Gasteiger partial charge in [-0.2, -0.15) is 0 Å². The quantitative estimate of drug-likeness (QED) is 0.818. The number of ether oxygens (including phenoxy) is 2. The van der Waals surface area contributed by atoms with Crippen LogP contribution in [0.25, 0.3) is 10.8 Å². The molecule has 1 aliphatic heterocycles. The van der Waals surface area contributed by atoms with Gasteiger partial charge in [-0.1, -0.05) is 0 Å². The van der Waals surface area contributed by atoms with E-state index in [4.69, 9.17) is 9.47 Å². The molecule has 0 bridgehead atoms. The largest absolute Gasteiger partial charge is 0.493 e. The SMILES string of the molecule is CCn1cc(C(=O)N2CCC(F)(F)CC2)c2cc(OC)c(OC)cc2c1=O. The first-order chi connectivity index (χ1) is 12.8. The van der Waals surface area contributed by atoms with Gasteiger partial charge in [0.15, 0.2) is 11.5 Å². The number of carbonyl (C=O) groups is 1. The van der Waals surface area contributed by atoms with Crippen LogP contribution in [0.2, 0.25) is 0 Å². The van der Waals surface area contributed by atoms with Crippen LogP contribution in [0.3, 0.4) is 0 Å². The maximum Gasteiger partial charge on any atom is 0.258 e. The number of rotatable bonds is 4. The van der Waals surface area contributed by atoms with Crippen LogP contribution in [-0.2, 0) is 6.54 Å². The van der Waals surface area contributed by atoms with E-state index in [9.17, 15) is 18.4 Å². The molecule has 2 heterocycles. The Balaban J connectivity index is 2.15. The first kappa shape index (κ1) is 19.1. The zero-order chi connectivity index (χ0) is 19.8. The van der Waals surface area contributed by atoms with Crippen molar-refractivity contribution in [2.75, 3.05) is 27.3 Å². The minimum atomic E-state index is -2.74. The number of amides is 1. The van der Waals surface area contributed by atoms with E-state index in [0.717, 1.165) is 0 Å². The fourth-order valence-corrected chi connectivity index (χ4v) is 3.33. The van der Waals surface area contributed by atoms with Crippen molar-refractivity contribution in [3.63, 3.8) is 0 Å². The van der Waals surface area contributed by atoms with Crippen LogP contribution in [0.15, 0.2) is 23.1 Å². The summed E-state index contributed by atoms with van der Waals surface area (Å²) in [6.45, 7) is 2.13. The normalized spacial score (nSPS) is 16.4. The van der Waals surface area contributed by atoms with E-state index < -0.39 is 5.92 Å². The number of pyridine rings is 1. The Morgan fingerprint density at radius 1 is 1.11 bits per heavy atom. The third-order valence-corrected chi connectivity index (χ3v) is 4.94. The molecule has 146 valence electrons. The number of piperidine rings is 1. The number of fused-ring (bicyclic) bond motifs is 1. The molecule has 1 fully saturated rings. The highest BCUT2D eigenvalue weighted by Gasteiger charge is 2.36. The summed E-state index contributed by atoms with van der Waals surface area (Å²) in [5.74, 6) is -2.34. The summed E-state index contributed by atoms with van der Waals surface area (Å²) in [4.78, 5) is 27.2. The molecule has 1 aromatic heterocycles. The van der Waals surface area contributed by atoms with Crippen molar-refractivity contribution < 1.29 is 23.0 Å². The van der Waals surface area contributed by atoms with Gasteiger partial charge in [-0.25, -0.2) is 8.78 Å². The first-order valence-electron chi connectivity index (χ1n) is 8.77. The van der Waals surface area contributed by atoms with E-state index >= 15 is 0 Å². The van der Waals surface area contributed by atoms with Gasteiger partial charge in [0.2, 0.25) is 0 Å². The molecule has 8 heteroatoms. The molecular weight excluding hydrogens is 358 g/mol. The van der Waals surface area contributed by atoms with Gasteiger partial charge in [0.05, 0.1) is 25.2 Å². The summed E-state index contributed by atoms with van der Waals surface area (Å²) in [5, 5.41) is 0.743. The van der Waals surface area contributed by atoms with Gasteiger partial charge in [0.25, 0.3) is 17.4 Å². The zero-order valence-corrected chi connectivity index (χ0v) is 15.6. The monoisotopic (exact) mass is 380 g/mol. The van der Waals surface area contributed by atoms with E-state index in [1.807, 2.05) is 0 Å². The fourth-order valence-electron chi connectivity index (χ4n) is 3.33. The van der Waals surface area contributed by atoms with E-state index in [0.29, 0.717) is 28.8 Å². The Morgan fingerprint density at radius 2 is 1.67 bits per heavy atom. The van der Waals surface area contributed by atoms with Gasteiger partial charge >= 0.3 is 0 Å². The number of aromatic nitrogens is 1. The van der Waals surface area contributed by atoms with Crippen LogP contribution in [0.1, 0.15) is 30.1 Å². The smallest absolute Gasteiger partial charge is 0.258 e. The number of hydrogen-bond donors (Lipinski definition) is 0. The summed E-state index contributed by atoms with van der Waals surface area (Å²) < 4.78 is 38.9. The Morgan fingerprint density at radius 3 is 2.19 bits per heavy atom. The maximum atomic E-state index is 13.4. The Bertz CT molecular complexity index is 929. The number of nitrogens with zero attached hydrogens (tertiary/aromatic N) is 2. The van der Waals surface area contributed by atoms with Crippen molar-refractivity contribution in [3.05, 3.63) is 34.2 Å². The number of carbonyl (C=O) groups excluding carboxylic acids is 1. The summed E-state index contributed by atoms with van der Waals surface area (Å²) >= 11 is 0. The lowest BCUT2D eigenvalue weighted by Gasteiger charge is -2.32. The predicted octanol–water partition coefficient (Wildman–Crippen LogP) is 2.91. The van der Waals surface area contributed by atoms with E-state index in [1.54, 1.807) is 19.1 Å². The third kappa shape index (κ3) is 3.48. The van der Waals surface area contributed by atoms with Gasteiger partial charge in [-0.15, -0.1) is 0 Å². The molecule has 0 spiro atoms. The molecule has 2 aromatic rings. The number of methoxy groups -OCH3 is 2. The zero-order valence-electron chi connectivity index (χ0n) is 15.6. The van der Waals surface area contributed by atoms with Crippen LogP contribution in [0.5, 0.6) is 11.5 Å². The van der Waals surface area contributed by atoms with E-state index in [-0.39, 0.29) is 43.0 Å². The second kappa shape index (κ2) is 7.17. The van der Waals surface area contributed by atoms with Gasteiger partial charge < -0.3 is 18.9 Å². The molecule has 0 saturated carbocycles. The van der Waals surface area contributed by atoms with Crippen molar-refractivity contribution >= 4 is 16.7 Å². The number of halogens is 2. The van der Waals surface area contributed by atoms with Crippen molar-refractivity contribution in [3.8, 4) is 11.5 Å². The van der Waals surface area contributed by atoms with Crippen LogP contribution in [0.4, 0.5) is 8.78 Å². The molecule has 1 saturated heterocycles. The average Bonchev–Trinajstić information content (AvgIpc) is 2.67. The van der Waals surface area contributed by atoms with Crippen LogP contribution < -0.4 is 15.0 Å². The highest BCUT2D eigenvalue weighted by molar-refractivity contribution is 6.07. The average molecular weight is 380 g/mol. The summed E-state index contributed by atoms with van der Waals surface area (Å²) in [6.07, 6.45) is 0.772. The molecule has 3 rings (SSSR count). The highest BCUT2D eigenvalue weighted by Crippen LogP contribution is 2.34. The van der Waals surface area contributed by atoms with Crippen LogP contribution >= 0.6 is 0 Å². The highest BCUT2D eigenvalue weighted by atomic mass is 19.3. The lowest BCUT2D eigenvalue weighted by atomic mass is 10.0. The lowest BCUT2D eigenvalue weighted by Crippen LogP contribution is -2.43. The molecule has 0 radical (unpaired) electrons. The summed E-state index contributed by atoms with van der Waals surface area (Å²) in [6, 6.07) is 3.13. The molecule has 0 aliphatic carbocycles. The predicted molar refractivity (Wildman–Crippen MR) is 97.1 cm³/mol. The number of likely N-dealkylation sites (tertiary alicyclic amines) is 1. The Labute approximate surface area is 155 Å². The van der Waals surface area contributed by atoms with Crippen molar-refractivity contribution in [2.24, 2.45) is 0 Å². The number of aryl methyl sites for hydroxylation is 1.